The molecule has 0 aliphatic carbocycles. The highest BCUT2D eigenvalue weighted by molar-refractivity contribution is 6.05. The number of ether oxygens (including phenoxy) is 1. The van der Waals surface area contributed by atoms with Gasteiger partial charge in [-0.2, -0.15) is 0 Å². The van der Waals surface area contributed by atoms with E-state index < -0.39 is 6.04 Å². The Morgan fingerprint density at radius 3 is 2.42 bits per heavy atom. The molecule has 0 spiro atoms. The van der Waals surface area contributed by atoms with Gasteiger partial charge in [0.25, 0.3) is 0 Å². The van der Waals surface area contributed by atoms with Gasteiger partial charge in [-0.1, -0.05) is 42.5 Å². The quantitative estimate of drug-likeness (QED) is 0.827. The summed E-state index contributed by atoms with van der Waals surface area (Å²) in [4.78, 5) is 25.9. The van der Waals surface area contributed by atoms with Crippen LogP contribution < -0.4 is 10.1 Å². The van der Waals surface area contributed by atoms with E-state index in [4.69, 9.17) is 4.74 Å². The van der Waals surface area contributed by atoms with Crippen LogP contribution in [0.25, 0.3) is 0 Å². The summed E-state index contributed by atoms with van der Waals surface area (Å²) in [6.45, 7) is 0.867. The van der Waals surface area contributed by atoms with Gasteiger partial charge in [-0.05, 0) is 23.3 Å². The molecular weight excluding hydrogens is 304 g/mol. The Kier molecular flexibility index (Phi) is 4.91. The molecule has 1 fully saturated rings. The van der Waals surface area contributed by atoms with Gasteiger partial charge in [0.1, 0.15) is 5.75 Å². The van der Waals surface area contributed by atoms with Gasteiger partial charge in [-0.3, -0.25) is 14.5 Å². The van der Waals surface area contributed by atoms with E-state index in [1.54, 1.807) is 7.11 Å². The molecule has 2 aromatic rings. The first kappa shape index (κ1) is 16.2. The van der Waals surface area contributed by atoms with Gasteiger partial charge in [-0.15, -0.1) is 0 Å². The Labute approximate surface area is 141 Å². The first-order chi connectivity index (χ1) is 11.7. The number of nitrogens with zero attached hydrogens (tertiary/aromatic N) is 1. The van der Waals surface area contributed by atoms with Crippen molar-refractivity contribution in [1.29, 1.82) is 0 Å². The summed E-state index contributed by atoms with van der Waals surface area (Å²) in [5.41, 5.74) is 1.99. The van der Waals surface area contributed by atoms with Crippen LogP contribution in [0.1, 0.15) is 17.5 Å². The number of hydrogen-bond donors (Lipinski definition) is 1. The lowest BCUT2D eigenvalue weighted by atomic mass is 10.2. The number of carbonyl (C=O) groups is 2. The fourth-order valence-electron chi connectivity index (χ4n) is 2.76. The van der Waals surface area contributed by atoms with Crippen molar-refractivity contribution < 1.29 is 14.3 Å². The number of rotatable bonds is 6. The normalized spacial score (nSPS) is 17.4. The Morgan fingerprint density at radius 1 is 1.04 bits per heavy atom. The molecule has 5 heteroatoms. The number of nitrogens with one attached hydrogen (secondary N) is 1. The van der Waals surface area contributed by atoms with Crippen LogP contribution in [0.2, 0.25) is 0 Å². The standard InChI is InChI=1S/C19H20N2O3/c1-24-16-9-7-14(8-10-16)12-20-17-11-18(22)21(19(17)23)13-15-5-3-2-4-6-15/h2-10,17,20H,11-13H2,1H3. The number of methoxy groups -OCH3 is 1. The zero-order valence-corrected chi connectivity index (χ0v) is 13.6. The van der Waals surface area contributed by atoms with Crippen LogP contribution >= 0.6 is 0 Å². The fourth-order valence-corrected chi connectivity index (χ4v) is 2.76. The second kappa shape index (κ2) is 7.27. The lowest BCUT2D eigenvalue weighted by Crippen LogP contribution is -2.38. The highest BCUT2D eigenvalue weighted by Crippen LogP contribution is 2.18. The molecule has 2 aromatic carbocycles. The van der Waals surface area contributed by atoms with Crippen LogP contribution in [0.5, 0.6) is 5.75 Å². The van der Waals surface area contributed by atoms with Gasteiger partial charge in [0.15, 0.2) is 0 Å². The summed E-state index contributed by atoms with van der Waals surface area (Å²) in [5.74, 6) is 0.508. The second-order valence-electron chi connectivity index (χ2n) is 5.79. The third-order valence-corrected chi connectivity index (χ3v) is 4.14. The Balaban J connectivity index is 1.59. The zero-order valence-electron chi connectivity index (χ0n) is 13.6. The Bertz CT molecular complexity index is 713. The zero-order chi connectivity index (χ0) is 16.9. The number of likely N-dealkylation sites (tertiary alicyclic amines) is 1. The van der Waals surface area contributed by atoms with Crippen LogP contribution in [0.15, 0.2) is 54.6 Å². The molecule has 124 valence electrons. The first-order valence-corrected chi connectivity index (χ1v) is 7.92. The van der Waals surface area contributed by atoms with Crippen LogP contribution in [-0.2, 0) is 22.7 Å². The average Bonchev–Trinajstić information content (AvgIpc) is 2.89. The lowest BCUT2D eigenvalue weighted by molar-refractivity contribution is -0.139. The van der Waals surface area contributed by atoms with E-state index in [9.17, 15) is 9.59 Å². The Hall–Kier alpha value is -2.66. The summed E-state index contributed by atoms with van der Waals surface area (Å²) in [6.07, 6.45) is 0.210. The van der Waals surface area contributed by atoms with E-state index >= 15 is 0 Å². The van der Waals surface area contributed by atoms with Gasteiger partial charge >= 0.3 is 0 Å². The monoisotopic (exact) mass is 324 g/mol. The molecule has 0 radical (unpaired) electrons. The number of benzene rings is 2. The molecule has 1 aliphatic heterocycles. The summed E-state index contributed by atoms with van der Waals surface area (Å²) >= 11 is 0. The number of hydrogen-bond acceptors (Lipinski definition) is 4. The van der Waals surface area contributed by atoms with Crippen molar-refractivity contribution in [3.8, 4) is 5.75 Å². The molecule has 0 aromatic heterocycles. The predicted molar refractivity (Wildman–Crippen MR) is 90.2 cm³/mol. The van der Waals surface area contributed by atoms with E-state index in [0.29, 0.717) is 13.1 Å². The molecule has 0 bridgehead atoms. The molecule has 0 saturated carbocycles. The smallest absolute Gasteiger partial charge is 0.247 e. The SMILES string of the molecule is COc1ccc(CNC2CC(=O)N(Cc3ccccc3)C2=O)cc1. The van der Waals surface area contributed by atoms with Gasteiger partial charge < -0.3 is 10.1 Å². The summed E-state index contributed by atoms with van der Waals surface area (Å²) in [5, 5.41) is 3.18. The molecule has 1 saturated heterocycles. The van der Waals surface area contributed by atoms with Crippen LogP contribution in [-0.4, -0.2) is 29.9 Å². The van der Waals surface area contributed by atoms with Crippen molar-refractivity contribution in [3.63, 3.8) is 0 Å². The molecule has 1 aliphatic rings. The van der Waals surface area contributed by atoms with Crippen LogP contribution in [0.4, 0.5) is 0 Å². The number of amides is 2. The molecule has 5 nitrogen and oxygen atoms in total. The van der Waals surface area contributed by atoms with Crippen LogP contribution in [0, 0.1) is 0 Å². The molecule has 3 rings (SSSR count). The van der Waals surface area contributed by atoms with E-state index in [1.165, 1.54) is 4.90 Å². The first-order valence-electron chi connectivity index (χ1n) is 7.92. The van der Waals surface area contributed by atoms with Crippen molar-refractivity contribution in [3.05, 3.63) is 65.7 Å². The summed E-state index contributed by atoms with van der Waals surface area (Å²) in [7, 11) is 1.62. The minimum Gasteiger partial charge on any atom is -0.497 e. The maximum absolute atomic E-state index is 12.5. The third kappa shape index (κ3) is 3.63. The van der Waals surface area contributed by atoms with Crippen molar-refractivity contribution >= 4 is 11.8 Å². The van der Waals surface area contributed by atoms with Gasteiger partial charge in [0, 0.05) is 6.54 Å². The highest BCUT2D eigenvalue weighted by Gasteiger charge is 2.37. The number of imide groups is 1. The second-order valence-corrected chi connectivity index (χ2v) is 5.79. The van der Waals surface area contributed by atoms with Crippen LogP contribution in [0.3, 0.4) is 0 Å². The maximum Gasteiger partial charge on any atom is 0.247 e. The summed E-state index contributed by atoms with van der Waals surface area (Å²) in [6, 6.07) is 16.7. The summed E-state index contributed by atoms with van der Waals surface area (Å²) < 4.78 is 5.12. The van der Waals surface area contributed by atoms with E-state index in [2.05, 4.69) is 5.32 Å². The minimum absolute atomic E-state index is 0.129. The van der Waals surface area contributed by atoms with E-state index in [1.807, 2.05) is 54.6 Å². The topological polar surface area (TPSA) is 58.6 Å². The fraction of sp³-hybridized carbons (Fsp3) is 0.263. The van der Waals surface area contributed by atoms with Crippen molar-refractivity contribution in [2.45, 2.75) is 25.6 Å². The molecule has 1 unspecified atom stereocenters. The van der Waals surface area contributed by atoms with Crippen molar-refractivity contribution in [2.24, 2.45) is 0 Å². The Morgan fingerprint density at radius 2 is 1.75 bits per heavy atom. The highest BCUT2D eigenvalue weighted by atomic mass is 16.5. The minimum atomic E-state index is -0.455. The van der Waals surface area contributed by atoms with Crippen molar-refractivity contribution in [1.82, 2.24) is 10.2 Å². The lowest BCUT2D eigenvalue weighted by Gasteiger charge is -2.15. The van der Waals surface area contributed by atoms with Gasteiger partial charge in [-0.25, -0.2) is 0 Å². The van der Waals surface area contributed by atoms with E-state index in [0.717, 1.165) is 16.9 Å². The van der Waals surface area contributed by atoms with E-state index in [-0.39, 0.29) is 18.2 Å². The van der Waals surface area contributed by atoms with Gasteiger partial charge in [0.2, 0.25) is 11.8 Å². The molecular formula is C19H20N2O3. The van der Waals surface area contributed by atoms with Crippen molar-refractivity contribution in [2.75, 3.05) is 7.11 Å². The molecule has 1 heterocycles. The molecule has 1 N–H and O–H groups in total. The molecule has 24 heavy (non-hydrogen) atoms. The maximum atomic E-state index is 12.5. The third-order valence-electron chi connectivity index (χ3n) is 4.14. The largest absolute Gasteiger partial charge is 0.497 e. The molecule has 2 amide bonds. The average molecular weight is 324 g/mol. The number of carbonyl (C=O) groups excluding carboxylic acids is 2. The van der Waals surface area contributed by atoms with Gasteiger partial charge in [0.05, 0.1) is 26.1 Å². The molecule has 1 atom stereocenters. The predicted octanol–water partition coefficient (Wildman–Crippen LogP) is 2.11.